The number of benzene rings is 2. The Kier molecular flexibility index (Phi) is 3.49. The van der Waals surface area contributed by atoms with Crippen LogP contribution in [0.4, 0.5) is 0 Å². The van der Waals surface area contributed by atoms with E-state index in [1.54, 1.807) is 7.11 Å². The Morgan fingerprint density at radius 1 is 1.05 bits per heavy atom. The first-order valence-electron chi connectivity index (χ1n) is 7.18. The molecule has 0 atom stereocenters. The normalized spacial score (nSPS) is 13.9. The third kappa shape index (κ3) is 2.20. The molecule has 0 unspecified atom stereocenters. The molecule has 2 nitrogen and oxygen atoms in total. The number of methoxy groups -OCH3 is 1. The van der Waals surface area contributed by atoms with Crippen molar-refractivity contribution in [3.8, 4) is 16.9 Å². The van der Waals surface area contributed by atoms with Gasteiger partial charge in [0.2, 0.25) is 0 Å². The maximum absolute atomic E-state index is 5.42. The Hall–Kier alpha value is -1.80. The first kappa shape index (κ1) is 13.2. The SMILES string of the molecule is COc1cc(C)c(-c2cccc3c2CNCC3)cc1C. The molecule has 2 aromatic rings. The second-order valence-electron chi connectivity index (χ2n) is 5.51. The number of fused-ring (bicyclic) bond motifs is 1. The molecule has 0 aromatic heterocycles. The minimum Gasteiger partial charge on any atom is -0.496 e. The Morgan fingerprint density at radius 2 is 1.90 bits per heavy atom. The summed E-state index contributed by atoms with van der Waals surface area (Å²) in [5, 5.41) is 3.48. The summed E-state index contributed by atoms with van der Waals surface area (Å²) in [6, 6.07) is 11.1. The molecule has 1 aliphatic heterocycles. The van der Waals surface area contributed by atoms with Crippen LogP contribution in [0, 0.1) is 13.8 Å². The minimum atomic E-state index is 0.967. The largest absolute Gasteiger partial charge is 0.496 e. The van der Waals surface area contributed by atoms with Gasteiger partial charge in [0.15, 0.2) is 0 Å². The van der Waals surface area contributed by atoms with Crippen molar-refractivity contribution in [1.82, 2.24) is 5.32 Å². The summed E-state index contributed by atoms with van der Waals surface area (Å²) in [5.74, 6) is 0.967. The molecule has 0 fully saturated rings. The van der Waals surface area contributed by atoms with Crippen LogP contribution in [-0.4, -0.2) is 13.7 Å². The van der Waals surface area contributed by atoms with Gasteiger partial charge in [0.05, 0.1) is 7.11 Å². The first-order chi connectivity index (χ1) is 9.70. The third-order valence-electron chi connectivity index (χ3n) is 4.18. The van der Waals surface area contributed by atoms with Gasteiger partial charge in [0.25, 0.3) is 0 Å². The van der Waals surface area contributed by atoms with Crippen LogP contribution < -0.4 is 10.1 Å². The van der Waals surface area contributed by atoms with Crippen LogP contribution in [-0.2, 0) is 13.0 Å². The average molecular weight is 267 g/mol. The van der Waals surface area contributed by atoms with Crippen LogP contribution in [0.1, 0.15) is 22.3 Å². The van der Waals surface area contributed by atoms with E-state index >= 15 is 0 Å². The second kappa shape index (κ2) is 5.29. The number of ether oxygens (including phenoxy) is 1. The lowest BCUT2D eigenvalue weighted by Crippen LogP contribution is -2.24. The number of nitrogens with one attached hydrogen (secondary N) is 1. The fourth-order valence-corrected chi connectivity index (χ4v) is 3.07. The molecule has 1 heterocycles. The zero-order valence-electron chi connectivity index (χ0n) is 12.4. The molecule has 3 rings (SSSR count). The molecule has 0 saturated heterocycles. The van der Waals surface area contributed by atoms with Crippen LogP contribution in [0.5, 0.6) is 5.75 Å². The maximum atomic E-state index is 5.42. The van der Waals surface area contributed by atoms with Crippen molar-refractivity contribution in [2.75, 3.05) is 13.7 Å². The Morgan fingerprint density at radius 3 is 2.70 bits per heavy atom. The molecular weight excluding hydrogens is 246 g/mol. The zero-order chi connectivity index (χ0) is 14.1. The first-order valence-corrected chi connectivity index (χ1v) is 7.18. The molecule has 0 saturated carbocycles. The summed E-state index contributed by atoms with van der Waals surface area (Å²) in [6.45, 7) is 6.31. The van der Waals surface area contributed by atoms with Crippen LogP contribution in [0.15, 0.2) is 30.3 Å². The molecular formula is C18H21NO. The Labute approximate surface area is 120 Å². The van der Waals surface area contributed by atoms with Crippen molar-refractivity contribution in [1.29, 1.82) is 0 Å². The quantitative estimate of drug-likeness (QED) is 0.897. The monoisotopic (exact) mass is 267 g/mol. The van der Waals surface area contributed by atoms with Gasteiger partial charge in [-0.15, -0.1) is 0 Å². The van der Waals surface area contributed by atoms with Gasteiger partial charge in [-0.3, -0.25) is 0 Å². The van der Waals surface area contributed by atoms with Crippen molar-refractivity contribution in [3.63, 3.8) is 0 Å². The lowest BCUT2D eigenvalue weighted by Gasteiger charge is -2.22. The van der Waals surface area contributed by atoms with E-state index in [0.29, 0.717) is 0 Å². The van der Waals surface area contributed by atoms with E-state index in [2.05, 4.69) is 49.5 Å². The molecule has 0 radical (unpaired) electrons. The predicted octanol–water partition coefficient (Wildman–Crippen LogP) is 3.62. The Balaban J connectivity index is 2.16. The summed E-state index contributed by atoms with van der Waals surface area (Å²) >= 11 is 0. The smallest absolute Gasteiger partial charge is 0.122 e. The molecule has 104 valence electrons. The van der Waals surface area contributed by atoms with Crippen LogP contribution in [0.2, 0.25) is 0 Å². The fraction of sp³-hybridized carbons (Fsp3) is 0.333. The van der Waals surface area contributed by atoms with E-state index in [0.717, 1.165) is 25.3 Å². The number of hydrogen-bond acceptors (Lipinski definition) is 2. The molecule has 0 spiro atoms. The van der Waals surface area contributed by atoms with E-state index in [-0.39, 0.29) is 0 Å². The second-order valence-corrected chi connectivity index (χ2v) is 5.51. The van der Waals surface area contributed by atoms with Crippen LogP contribution in [0.3, 0.4) is 0 Å². The van der Waals surface area contributed by atoms with Gasteiger partial charge in [-0.1, -0.05) is 18.2 Å². The number of hydrogen-bond donors (Lipinski definition) is 1. The van der Waals surface area contributed by atoms with E-state index in [1.807, 2.05) is 0 Å². The van der Waals surface area contributed by atoms with Gasteiger partial charge >= 0.3 is 0 Å². The highest BCUT2D eigenvalue weighted by molar-refractivity contribution is 5.73. The highest BCUT2D eigenvalue weighted by Gasteiger charge is 2.15. The molecule has 2 heteroatoms. The molecule has 0 amide bonds. The molecule has 2 aromatic carbocycles. The fourth-order valence-electron chi connectivity index (χ4n) is 3.07. The van der Waals surface area contributed by atoms with E-state index < -0.39 is 0 Å². The number of rotatable bonds is 2. The van der Waals surface area contributed by atoms with Crippen molar-refractivity contribution in [2.24, 2.45) is 0 Å². The third-order valence-corrected chi connectivity index (χ3v) is 4.18. The summed E-state index contributed by atoms with van der Waals surface area (Å²) in [6.07, 6.45) is 1.12. The summed E-state index contributed by atoms with van der Waals surface area (Å²) in [7, 11) is 1.73. The highest BCUT2D eigenvalue weighted by Crippen LogP contribution is 2.34. The molecule has 0 aliphatic carbocycles. The van der Waals surface area contributed by atoms with Gasteiger partial charge in [-0.25, -0.2) is 0 Å². The summed E-state index contributed by atoms with van der Waals surface area (Å²) in [4.78, 5) is 0. The van der Waals surface area contributed by atoms with E-state index in [1.165, 1.54) is 33.4 Å². The predicted molar refractivity (Wildman–Crippen MR) is 83.3 cm³/mol. The van der Waals surface area contributed by atoms with Crippen molar-refractivity contribution >= 4 is 0 Å². The summed E-state index contributed by atoms with van der Waals surface area (Å²) < 4.78 is 5.42. The van der Waals surface area contributed by atoms with Gasteiger partial charge in [-0.05, 0) is 72.3 Å². The maximum Gasteiger partial charge on any atom is 0.122 e. The number of aryl methyl sites for hydroxylation is 2. The molecule has 1 aliphatic rings. The van der Waals surface area contributed by atoms with Gasteiger partial charge in [0.1, 0.15) is 5.75 Å². The average Bonchev–Trinajstić information content (AvgIpc) is 2.48. The van der Waals surface area contributed by atoms with Crippen molar-refractivity contribution < 1.29 is 4.74 Å². The van der Waals surface area contributed by atoms with E-state index in [4.69, 9.17) is 4.74 Å². The Bertz CT molecular complexity index is 646. The van der Waals surface area contributed by atoms with E-state index in [9.17, 15) is 0 Å². The van der Waals surface area contributed by atoms with Crippen LogP contribution >= 0.6 is 0 Å². The van der Waals surface area contributed by atoms with Gasteiger partial charge in [0, 0.05) is 6.54 Å². The van der Waals surface area contributed by atoms with Crippen molar-refractivity contribution in [3.05, 3.63) is 52.6 Å². The summed E-state index contributed by atoms with van der Waals surface area (Å²) in [5.41, 5.74) is 8.07. The highest BCUT2D eigenvalue weighted by atomic mass is 16.5. The molecule has 0 bridgehead atoms. The van der Waals surface area contributed by atoms with Crippen LogP contribution in [0.25, 0.3) is 11.1 Å². The minimum absolute atomic E-state index is 0.967. The standard InChI is InChI=1S/C18H21NO/c1-12-10-18(20-3)13(2)9-16(12)15-6-4-5-14-7-8-19-11-17(14)15/h4-6,9-10,19H,7-8,11H2,1-3H3. The molecule has 1 N–H and O–H groups in total. The van der Waals surface area contributed by atoms with Gasteiger partial charge in [-0.2, -0.15) is 0 Å². The lowest BCUT2D eigenvalue weighted by molar-refractivity contribution is 0.411. The van der Waals surface area contributed by atoms with Crippen molar-refractivity contribution in [2.45, 2.75) is 26.8 Å². The zero-order valence-corrected chi connectivity index (χ0v) is 12.4. The van der Waals surface area contributed by atoms with Gasteiger partial charge < -0.3 is 10.1 Å². The molecule has 20 heavy (non-hydrogen) atoms. The lowest BCUT2D eigenvalue weighted by atomic mass is 9.89. The topological polar surface area (TPSA) is 21.3 Å².